The van der Waals surface area contributed by atoms with Crippen LogP contribution >= 0.6 is 11.6 Å². The lowest BCUT2D eigenvalue weighted by Gasteiger charge is -2.23. The van der Waals surface area contributed by atoms with E-state index in [4.69, 9.17) is 11.6 Å². The summed E-state index contributed by atoms with van der Waals surface area (Å²) in [5.74, 6) is 0. The summed E-state index contributed by atoms with van der Waals surface area (Å²) < 4.78 is 3.51. The third-order valence-electron chi connectivity index (χ3n) is 7.95. The van der Waals surface area contributed by atoms with Gasteiger partial charge in [0.05, 0.1) is 39.6 Å². The molecule has 10 heteroatoms. The summed E-state index contributed by atoms with van der Waals surface area (Å²) in [4.78, 5) is 17.5. The van der Waals surface area contributed by atoms with Gasteiger partial charge in [0.15, 0.2) is 0 Å². The monoisotopic (exact) mass is 580 g/mol. The van der Waals surface area contributed by atoms with Crippen molar-refractivity contribution in [2.24, 2.45) is 12.5 Å². The molecule has 0 radical (unpaired) electrons. The number of anilines is 2. The molecule has 9 nitrogen and oxygen atoms in total. The predicted octanol–water partition coefficient (Wildman–Crippen LogP) is 6.37. The maximum atomic E-state index is 13.0. The van der Waals surface area contributed by atoms with E-state index in [1.54, 1.807) is 24.0 Å². The van der Waals surface area contributed by atoms with Crippen LogP contribution in [0.1, 0.15) is 63.4 Å². The molecule has 42 heavy (non-hydrogen) atoms. The topological polar surface area (TPSA) is 113 Å². The van der Waals surface area contributed by atoms with Gasteiger partial charge in [-0.2, -0.15) is 5.26 Å². The highest BCUT2D eigenvalue weighted by Crippen LogP contribution is 2.43. The van der Waals surface area contributed by atoms with Crippen molar-refractivity contribution in [1.82, 2.24) is 24.5 Å². The fraction of sp³-hybridized carbons (Fsp3) is 0.344. The highest BCUT2D eigenvalue weighted by Gasteiger charge is 2.41. The van der Waals surface area contributed by atoms with Crippen LogP contribution in [-0.2, 0) is 12.6 Å². The van der Waals surface area contributed by atoms with E-state index in [0.717, 1.165) is 40.6 Å². The Hall–Kier alpha value is -4.42. The Morgan fingerprint density at radius 2 is 1.95 bits per heavy atom. The number of rotatable bonds is 7. The van der Waals surface area contributed by atoms with E-state index in [-0.39, 0.29) is 16.5 Å². The van der Waals surface area contributed by atoms with Gasteiger partial charge in [0.25, 0.3) is 5.56 Å². The zero-order chi connectivity index (χ0) is 29.8. The summed E-state index contributed by atoms with van der Waals surface area (Å²) in [6.45, 7) is 9.22. The van der Waals surface area contributed by atoms with Gasteiger partial charge in [-0.3, -0.25) is 9.78 Å². The van der Waals surface area contributed by atoms with E-state index < -0.39 is 6.04 Å². The van der Waals surface area contributed by atoms with Crippen LogP contribution in [-0.4, -0.2) is 31.1 Å². The second-order valence-electron chi connectivity index (χ2n) is 12.6. The number of benzene rings is 2. The van der Waals surface area contributed by atoms with Crippen molar-refractivity contribution in [3.05, 3.63) is 87.2 Å². The number of nitrogens with zero attached hydrogens (tertiary/aromatic N) is 6. The first kappa shape index (κ1) is 27.7. The molecule has 6 rings (SSSR count). The van der Waals surface area contributed by atoms with Crippen molar-refractivity contribution < 1.29 is 0 Å². The van der Waals surface area contributed by atoms with Gasteiger partial charge in [0.2, 0.25) is 0 Å². The quantitative estimate of drug-likeness (QED) is 0.230. The number of pyridine rings is 2. The van der Waals surface area contributed by atoms with Crippen LogP contribution in [0.3, 0.4) is 0 Å². The summed E-state index contributed by atoms with van der Waals surface area (Å²) >= 11 is 6.81. The molecule has 0 spiro atoms. The van der Waals surface area contributed by atoms with Gasteiger partial charge >= 0.3 is 0 Å². The van der Waals surface area contributed by atoms with Crippen molar-refractivity contribution in [3.63, 3.8) is 0 Å². The average Bonchev–Trinajstić information content (AvgIpc) is 3.50. The second-order valence-corrected chi connectivity index (χ2v) is 13.0. The Morgan fingerprint density at radius 1 is 1.17 bits per heavy atom. The molecule has 1 fully saturated rings. The Balaban J connectivity index is 1.51. The van der Waals surface area contributed by atoms with Crippen molar-refractivity contribution in [1.29, 1.82) is 5.26 Å². The Morgan fingerprint density at radius 3 is 2.67 bits per heavy atom. The third kappa shape index (κ3) is 5.07. The molecule has 214 valence electrons. The van der Waals surface area contributed by atoms with Crippen LogP contribution in [0.25, 0.3) is 21.7 Å². The summed E-state index contributed by atoms with van der Waals surface area (Å²) in [6.07, 6.45) is 7.43. The van der Waals surface area contributed by atoms with Crippen LogP contribution in [0.5, 0.6) is 0 Å². The normalized spacial score (nSPS) is 15.0. The first-order chi connectivity index (χ1) is 20.0. The lowest BCUT2D eigenvalue weighted by Crippen LogP contribution is -2.20. The minimum atomic E-state index is -0.441. The van der Waals surface area contributed by atoms with E-state index >= 15 is 0 Å². The minimum Gasteiger partial charge on any atom is -0.383 e. The maximum Gasteiger partial charge on any atom is 0.258 e. The first-order valence-corrected chi connectivity index (χ1v) is 14.4. The van der Waals surface area contributed by atoms with Crippen molar-refractivity contribution in [3.8, 4) is 6.07 Å². The van der Waals surface area contributed by atoms with Crippen molar-refractivity contribution in [2.45, 2.75) is 52.1 Å². The standard InChI is InChI=1S/C32H33ClN8O/c1-31(2,3)18-36-27-19(15-34)16-35-28-24(27)13-20(14-25(28)33)37-29(26-17-41(39-38-26)32(4)10-11-32)22-7-6-8-23-21(22)9-12-40(5)30(23)42/h6-9,12-14,16-17,29,37H,10-11,18H2,1-5H3,(H,35,36)/t29-/m0/s1. The molecule has 1 atom stereocenters. The van der Waals surface area contributed by atoms with Gasteiger partial charge in [-0.1, -0.05) is 49.7 Å². The molecule has 1 aliphatic carbocycles. The van der Waals surface area contributed by atoms with Crippen molar-refractivity contribution >= 4 is 44.7 Å². The molecule has 0 bridgehead atoms. The predicted molar refractivity (Wildman–Crippen MR) is 167 cm³/mol. The van der Waals surface area contributed by atoms with E-state index in [1.807, 2.05) is 47.3 Å². The van der Waals surface area contributed by atoms with Gasteiger partial charge in [-0.25, -0.2) is 4.68 Å². The molecule has 0 amide bonds. The van der Waals surface area contributed by atoms with E-state index in [0.29, 0.717) is 33.7 Å². The zero-order valence-corrected chi connectivity index (χ0v) is 25.1. The number of nitriles is 1. The summed E-state index contributed by atoms with van der Waals surface area (Å²) in [6, 6.07) is 13.3. The highest BCUT2D eigenvalue weighted by atomic mass is 35.5. The molecule has 2 N–H and O–H groups in total. The lowest BCUT2D eigenvalue weighted by atomic mass is 9.96. The summed E-state index contributed by atoms with van der Waals surface area (Å²) in [5.41, 5.74) is 3.98. The molecule has 1 aliphatic rings. The van der Waals surface area contributed by atoms with Crippen LogP contribution in [0.2, 0.25) is 5.02 Å². The molecule has 2 aromatic carbocycles. The maximum absolute atomic E-state index is 13.0. The Bertz CT molecular complexity index is 1940. The fourth-order valence-electron chi connectivity index (χ4n) is 5.18. The van der Waals surface area contributed by atoms with Gasteiger partial charge in [0.1, 0.15) is 11.8 Å². The molecule has 3 heterocycles. The van der Waals surface area contributed by atoms with Gasteiger partial charge < -0.3 is 15.2 Å². The number of halogens is 1. The number of hydrogen-bond acceptors (Lipinski definition) is 7. The van der Waals surface area contributed by atoms with E-state index in [9.17, 15) is 10.1 Å². The number of fused-ring (bicyclic) bond motifs is 2. The largest absolute Gasteiger partial charge is 0.383 e. The summed E-state index contributed by atoms with van der Waals surface area (Å²) in [7, 11) is 1.75. The second kappa shape index (κ2) is 10.1. The molecule has 3 aromatic heterocycles. The Kier molecular flexibility index (Phi) is 6.70. The third-order valence-corrected chi connectivity index (χ3v) is 8.24. The molecule has 1 saturated carbocycles. The van der Waals surface area contributed by atoms with E-state index in [2.05, 4.69) is 59.7 Å². The van der Waals surface area contributed by atoms with Gasteiger partial charge in [-0.15, -0.1) is 5.10 Å². The zero-order valence-electron chi connectivity index (χ0n) is 24.4. The smallest absolute Gasteiger partial charge is 0.258 e. The van der Waals surface area contributed by atoms with Gasteiger partial charge in [0, 0.05) is 42.4 Å². The number of aryl methyl sites for hydroxylation is 1. The van der Waals surface area contributed by atoms with Crippen molar-refractivity contribution in [2.75, 3.05) is 17.2 Å². The molecule has 0 aliphatic heterocycles. The van der Waals surface area contributed by atoms with Crippen LogP contribution < -0.4 is 16.2 Å². The molecule has 0 saturated heterocycles. The molecule has 5 aromatic rings. The number of aromatic nitrogens is 5. The van der Waals surface area contributed by atoms with E-state index in [1.165, 1.54) is 0 Å². The average molecular weight is 581 g/mol. The first-order valence-electron chi connectivity index (χ1n) is 14.0. The number of nitrogens with one attached hydrogen (secondary N) is 2. The van der Waals surface area contributed by atoms with Crippen LogP contribution in [0.4, 0.5) is 11.4 Å². The minimum absolute atomic E-state index is 0.0114. The van der Waals surface area contributed by atoms with Gasteiger partial charge in [-0.05, 0) is 60.4 Å². The van der Waals surface area contributed by atoms with Crippen LogP contribution in [0.15, 0.2) is 59.8 Å². The van der Waals surface area contributed by atoms with Crippen LogP contribution in [0, 0.1) is 16.7 Å². The fourth-order valence-corrected chi connectivity index (χ4v) is 5.45. The lowest BCUT2D eigenvalue weighted by molar-refractivity contribution is 0.443. The Labute approximate surface area is 249 Å². The highest BCUT2D eigenvalue weighted by molar-refractivity contribution is 6.35. The number of hydrogen-bond donors (Lipinski definition) is 2. The molecule has 0 unspecified atom stereocenters. The molecular weight excluding hydrogens is 548 g/mol. The summed E-state index contributed by atoms with van der Waals surface area (Å²) in [5, 5.41) is 28.7. The molecular formula is C32H33ClN8O. The SMILES string of the molecule is Cn1ccc2c([C@H](Nc3cc(Cl)c4ncc(C#N)c(NCC(C)(C)C)c4c3)c3cn(C4(C)CC4)nn3)cccc2c1=O.